The molecule has 6 unspecified atom stereocenters. The summed E-state index contributed by atoms with van der Waals surface area (Å²) >= 11 is 0. The van der Waals surface area contributed by atoms with E-state index < -0.39 is 35.4 Å². The van der Waals surface area contributed by atoms with E-state index in [2.05, 4.69) is 4.98 Å². The van der Waals surface area contributed by atoms with Crippen molar-refractivity contribution < 1.29 is 23.4 Å². The second-order valence-corrected chi connectivity index (χ2v) is 9.69. The molecule has 2 heterocycles. The van der Waals surface area contributed by atoms with Crippen molar-refractivity contribution in [2.24, 2.45) is 23.2 Å². The summed E-state index contributed by atoms with van der Waals surface area (Å²) in [6.07, 6.45) is 3.47. The Balaban J connectivity index is 1.44. The van der Waals surface area contributed by atoms with E-state index in [-0.39, 0.29) is 23.3 Å². The number of hydrogen-bond acceptors (Lipinski definition) is 3. The summed E-state index contributed by atoms with van der Waals surface area (Å²) in [5.41, 5.74) is -0.148. The van der Waals surface area contributed by atoms with Gasteiger partial charge in [0.2, 0.25) is 0 Å². The van der Waals surface area contributed by atoms with Gasteiger partial charge in [0.1, 0.15) is 18.0 Å². The van der Waals surface area contributed by atoms with E-state index in [0.29, 0.717) is 30.5 Å². The molecule has 5 aliphatic rings. The van der Waals surface area contributed by atoms with Crippen LogP contribution in [0.25, 0.3) is 11.3 Å². The van der Waals surface area contributed by atoms with Gasteiger partial charge in [-0.1, -0.05) is 12.1 Å². The Bertz CT molecular complexity index is 974. The van der Waals surface area contributed by atoms with Crippen LogP contribution in [0.1, 0.15) is 43.7 Å². The molecule has 29 heavy (non-hydrogen) atoms. The molecule has 7 heteroatoms. The Kier molecular flexibility index (Phi) is 3.49. The number of aromatic nitrogens is 2. The Labute approximate surface area is 166 Å². The molecule has 1 aromatic heterocycles. The van der Waals surface area contributed by atoms with Crippen molar-refractivity contribution in [2.75, 3.05) is 0 Å². The first-order chi connectivity index (χ1) is 13.8. The van der Waals surface area contributed by atoms with Crippen LogP contribution >= 0.6 is 0 Å². The Hall–Kier alpha value is -1.86. The molecule has 0 radical (unpaired) electrons. The van der Waals surface area contributed by atoms with Crippen molar-refractivity contribution >= 4 is 0 Å². The molecule has 4 bridgehead atoms. The molecular weight excluding hydrogens is 381 g/mol. The van der Waals surface area contributed by atoms with Gasteiger partial charge in [0.25, 0.3) is 5.92 Å². The van der Waals surface area contributed by atoms with Crippen LogP contribution in [0.15, 0.2) is 30.7 Å². The van der Waals surface area contributed by atoms with Crippen LogP contribution in [0.2, 0.25) is 0 Å². The molecule has 0 amide bonds. The van der Waals surface area contributed by atoms with Crippen molar-refractivity contribution in [2.45, 2.75) is 56.3 Å². The third kappa shape index (κ3) is 2.20. The number of halogens is 3. The highest BCUT2D eigenvalue weighted by molar-refractivity contribution is 5.69. The van der Waals surface area contributed by atoms with Gasteiger partial charge in [-0.25, -0.2) is 18.2 Å². The number of alkyl halides is 2. The van der Waals surface area contributed by atoms with Gasteiger partial charge in [-0.15, -0.1) is 0 Å². The molecule has 2 aromatic rings. The molecule has 7 rings (SSSR count). The van der Waals surface area contributed by atoms with Crippen LogP contribution in [-0.4, -0.2) is 37.9 Å². The number of fused-ring (bicyclic) bond motifs is 3. The van der Waals surface area contributed by atoms with E-state index in [4.69, 9.17) is 0 Å². The van der Waals surface area contributed by atoms with Gasteiger partial charge >= 0.3 is 0 Å². The van der Waals surface area contributed by atoms with E-state index in [1.807, 2.05) is 0 Å². The van der Waals surface area contributed by atoms with Gasteiger partial charge in [0, 0.05) is 16.5 Å². The first-order valence-electron chi connectivity index (χ1n) is 10.4. The third-order valence-electron chi connectivity index (χ3n) is 8.13. The summed E-state index contributed by atoms with van der Waals surface area (Å²) in [5, 5.41) is 21.7. The lowest BCUT2D eigenvalue weighted by molar-refractivity contribution is -0.237. The van der Waals surface area contributed by atoms with Crippen molar-refractivity contribution in [1.29, 1.82) is 0 Å². The molecule has 154 valence electrons. The average molecular weight is 404 g/mol. The van der Waals surface area contributed by atoms with Crippen molar-refractivity contribution in [3.8, 4) is 11.3 Å². The summed E-state index contributed by atoms with van der Waals surface area (Å²) in [4.78, 5) is 3.99. The summed E-state index contributed by atoms with van der Waals surface area (Å²) in [6.45, 7) is 0. The highest BCUT2D eigenvalue weighted by atomic mass is 19.3. The van der Waals surface area contributed by atoms with Crippen LogP contribution in [0, 0.1) is 29.0 Å². The molecule has 1 aliphatic heterocycles. The molecule has 1 aromatic carbocycles. The Morgan fingerprint density at radius 3 is 2.62 bits per heavy atom. The molecule has 4 fully saturated rings. The van der Waals surface area contributed by atoms with Gasteiger partial charge in [0.05, 0.1) is 24.3 Å². The average Bonchev–Trinajstić information content (AvgIpc) is 3.26. The molecule has 2 N–H and O–H groups in total. The second kappa shape index (κ2) is 5.64. The standard InChI is InChI=1S/C22H23F3N2O2/c23-15-3-1-2-14-16-9-26-10-27(16)19(17(14)15)22(24,25)20(29)21-6-11-4-12(7-21)18(28)13(5-11)8-21/h1-3,9-13,18-20,28-29H,4-8H2/t11?,12-,13?,18?,19?,20?,21?/m1/s1. The zero-order chi connectivity index (χ0) is 20.1. The van der Waals surface area contributed by atoms with E-state index in [0.717, 1.165) is 12.8 Å². The summed E-state index contributed by atoms with van der Waals surface area (Å²) in [6, 6.07) is 2.69. The molecular formula is C22H23F3N2O2. The Morgan fingerprint density at radius 2 is 1.90 bits per heavy atom. The SMILES string of the molecule is OC1C2CC3C[C@@H]1CC(C(O)C(F)(F)C1c4c(F)cccc4-c4cncn41)(C3)C2. The second-order valence-electron chi connectivity index (χ2n) is 9.69. The monoisotopic (exact) mass is 404 g/mol. The molecule has 4 aliphatic carbocycles. The first-order valence-corrected chi connectivity index (χ1v) is 10.4. The van der Waals surface area contributed by atoms with Crippen LogP contribution in [0.5, 0.6) is 0 Å². The maximum Gasteiger partial charge on any atom is 0.298 e. The van der Waals surface area contributed by atoms with Crippen LogP contribution in [0.4, 0.5) is 13.2 Å². The molecule has 4 saturated carbocycles. The lowest BCUT2D eigenvalue weighted by atomic mass is 9.46. The fourth-order valence-electron chi connectivity index (χ4n) is 7.23. The number of rotatable bonds is 3. The topological polar surface area (TPSA) is 58.3 Å². The summed E-state index contributed by atoms with van der Waals surface area (Å²) < 4.78 is 48.0. The number of nitrogens with zero attached hydrogens (tertiary/aromatic N) is 2. The van der Waals surface area contributed by atoms with Gasteiger partial charge in [-0.2, -0.15) is 0 Å². The van der Waals surface area contributed by atoms with E-state index in [1.54, 1.807) is 6.07 Å². The number of aliphatic hydroxyl groups excluding tert-OH is 2. The third-order valence-corrected chi connectivity index (χ3v) is 8.13. The van der Waals surface area contributed by atoms with Gasteiger partial charge in [0.15, 0.2) is 0 Å². The minimum atomic E-state index is -3.57. The fourth-order valence-corrected chi connectivity index (χ4v) is 7.23. The zero-order valence-corrected chi connectivity index (χ0v) is 15.8. The number of imidazole rings is 1. The lowest BCUT2D eigenvalue weighted by Crippen LogP contribution is -2.62. The highest BCUT2D eigenvalue weighted by Gasteiger charge is 2.65. The maximum atomic E-state index is 16.0. The molecule has 4 nitrogen and oxygen atoms in total. The smallest absolute Gasteiger partial charge is 0.298 e. The largest absolute Gasteiger partial charge is 0.393 e. The fraction of sp³-hybridized carbons (Fsp3) is 0.591. The minimum Gasteiger partial charge on any atom is -0.393 e. The quantitative estimate of drug-likeness (QED) is 0.819. The number of aliphatic hydroxyl groups is 2. The van der Waals surface area contributed by atoms with E-state index in [9.17, 15) is 14.6 Å². The van der Waals surface area contributed by atoms with Crippen molar-refractivity contribution in [3.63, 3.8) is 0 Å². The van der Waals surface area contributed by atoms with Crippen molar-refractivity contribution in [3.05, 3.63) is 42.1 Å². The number of hydrogen-bond donors (Lipinski definition) is 2. The first kappa shape index (κ1) is 18.0. The van der Waals surface area contributed by atoms with E-state index >= 15 is 8.78 Å². The van der Waals surface area contributed by atoms with Gasteiger partial charge < -0.3 is 14.8 Å². The predicted molar refractivity (Wildman–Crippen MR) is 98.7 cm³/mol. The summed E-state index contributed by atoms with van der Waals surface area (Å²) in [5.74, 6) is -4.03. The zero-order valence-electron chi connectivity index (χ0n) is 15.8. The summed E-state index contributed by atoms with van der Waals surface area (Å²) in [7, 11) is 0. The Morgan fingerprint density at radius 1 is 1.17 bits per heavy atom. The molecule has 7 atom stereocenters. The van der Waals surface area contributed by atoms with Crippen LogP contribution < -0.4 is 0 Å². The van der Waals surface area contributed by atoms with Crippen LogP contribution in [-0.2, 0) is 0 Å². The molecule has 0 saturated heterocycles. The highest BCUT2D eigenvalue weighted by Crippen LogP contribution is 2.64. The van der Waals surface area contributed by atoms with Crippen molar-refractivity contribution in [1.82, 2.24) is 9.55 Å². The minimum absolute atomic E-state index is 0.0249. The van der Waals surface area contributed by atoms with E-state index in [1.165, 1.54) is 29.2 Å². The molecule has 0 spiro atoms. The van der Waals surface area contributed by atoms with Gasteiger partial charge in [-0.3, -0.25) is 0 Å². The lowest BCUT2D eigenvalue weighted by Gasteiger charge is -2.61. The normalized spacial score (nSPS) is 38.2. The predicted octanol–water partition coefficient (Wildman–Crippen LogP) is 3.78. The maximum absolute atomic E-state index is 16.0. The van der Waals surface area contributed by atoms with Crippen LogP contribution in [0.3, 0.4) is 0 Å². The number of benzene rings is 1. The van der Waals surface area contributed by atoms with Gasteiger partial charge in [-0.05, 0) is 55.9 Å².